The molecule has 1 unspecified atom stereocenters. The normalized spacial score (nSPS) is 21.1. The molecule has 2 rings (SSSR count). The molecule has 4 nitrogen and oxygen atoms in total. The molecule has 1 N–H and O–H groups in total. The van der Waals surface area contributed by atoms with E-state index >= 15 is 0 Å². The Morgan fingerprint density at radius 1 is 1.33 bits per heavy atom. The summed E-state index contributed by atoms with van der Waals surface area (Å²) in [6.45, 7) is 3.81. The number of likely N-dealkylation sites (tertiary alicyclic amines) is 1. The molecule has 1 aliphatic rings. The smallest absolute Gasteiger partial charge is 0.178 e. The molecular weight excluding hydrogens is 248 g/mol. The van der Waals surface area contributed by atoms with E-state index in [1.54, 1.807) is 19.1 Å². The average Bonchev–Trinajstić information content (AvgIpc) is 2.75. The van der Waals surface area contributed by atoms with Crippen molar-refractivity contribution >= 4 is 15.5 Å². The van der Waals surface area contributed by atoms with Gasteiger partial charge in [0.1, 0.15) is 0 Å². The summed E-state index contributed by atoms with van der Waals surface area (Å²) in [6.07, 6.45) is 1.13. The first-order chi connectivity index (χ1) is 8.51. The Morgan fingerprint density at radius 3 is 2.50 bits per heavy atom. The number of likely N-dealkylation sites (N-methyl/N-ethyl adjacent to an activating group) is 1. The maximum atomic E-state index is 11.7. The second-order valence-electron chi connectivity index (χ2n) is 4.82. The minimum absolute atomic E-state index is 0.146. The van der Waals surface area contributed by atoms with Gasteiger partial charge in [-0.15, -0.1) is 0 Å². The zero-order valence-electron chi connectivity index (χ0n) is 10.9. The molecule has 1 atom stereocenters. The lowest BCUT2D eigenvalue weighted by Gasteiger charge is -2.14. The van der Waals surface area contributed by atoms with E-state index in [9.17, 15) is 8.42 Å². The molecule has 1 aromatic carbocycles. The molecule has 0 saturated carbocycles. The third-order valence-electron chi connectivity index (χ3n) is 3.36. The molecule has 0 bridgehead atoms. The SMILES string of the molecule is CCS(=O)(=O)c1ccc(NC2CCN(C)C2)cc1. The third-order valence-corrected chi connectivity index (χ3v) is 5.11. The summed E-state index contributed by atoms with van der Waals surface area (Å²) in [6, 6.07) is 7.52. The molecule has 1 fully saturated rings. The fraction of sp³-hybridized carbons (Fsp3) is 0.538. The molecule has 5 heteroatoms. The van der Waals surface area contributed by atoms with E-state index in [1.807, 2.05) is 12.1 Å². The van der Waals surface area contributed by atoms with E-state index in [2.05, 4.69) is 17.3 Å². The highest BCUT2D eigenvalue weighted by Crippen LogP contribution is 2.18. The monoisotopic (exact) mass is 268 g/mol. The van der Waals surface area contributed by atoms with Crippen molar-refractivity contribution in [2.24, 2.45) is 0 Å². The quantitative estimate of drug-likeness (QED) is 0.901. The maximum absolute atomic E-state index is 11.7. The van der Waals surface area contributed by atoms with Crippen molar-refractivity contribution in [3.05, 3.63) is 24.3 Å². The van der Waals surface area contributed by atoms with Crippen molar-refractivity contribution in [3.8, 4) is 0 Å². The fourth-order valence-electron chi connectivity index (χ4n) is 2.21. The molecular formula is C13H20N2O2S. The van der Waals surface area contributed by atoms with Gasteiger partial charge in [-0.2, -0.15) is 0 Å². The van der Waals surface area contributed by atoms with Crippen LogP contribution in [-0.4, -0.2) is 45.2 Å². The molecule has 0 spiro atoms. The number of hydrogen-bond acceptors (Lipinski definition) is 4. The summed E-state index contributed by atoms with van der Waals surface area (Å²) < 4.78 is 23.3. The second kappa shape index (κ2) is 5.28. The predicted molar refractivity (Wildman–Crippen MR) is 73.7 cm³/mol. The Balaban J connectivity index is 2.04. The highest BCUT2D eigenvalue weighted by molar-refractivity contribution is 7.91. The van der Waals surface area contributed by atoms with Crippen molar-refractivity contribution in [2.45, 2.75) is 24.3 Å². The third kappa shape index (κ3) is 3.03. The van der Waals surface area contributed by atoms with Gasteiger partial charge in [0.25, 0.3) is 0 Å². The summed E-state index contributed by atoms with van der Waals surface area (Å²) >= 11 is 0. The van der Waals surface area contributed by atoms with E-state index in [-0.39, 0.29) is 5.75 Å². The summed E-state index contributed by atoms with van der Waals surface area (Å²) in [7, 11) is -0.977. The van der Waals surface area contributed by atoms with Crippen LogP contribution in [0.4, 0.5) is 5.69 Å². The predicted octanol–water partition coefficient (Wildman–Crippen LogP) is 1.60. The van der Waals surface area contributed by atoms with E-state index in [0.29, 0.717) is 10.9 Å². The van der Waals surface area contributed by atoms with Gasteiger partial charge in [-0.1, -0.05) is 6.92 Å². The van der Waals surface area contributed by atoms with Crippen LogP contribution < -0.4 is 5.32 Å². The minimum Gasteiger partial charge on any atom is -0.381 e. The largest absolute Gasteiger partial charge is 0.381 e. The summed E-state index contributed by atoms with van der Waals surface area (Å²) in [5.41, 5.74) is 0.991. The number of nitrogens with zero attached hydrogens (tertiary/aromatic N) is 1. The number of anilines is 1. The first-order valence-electron chi connectivity index (χ1n) is 6.29. The average molecular weight is 268 g/mol. The van der Waals surface area contributed by atoms with Gasteiger partial charge in [0, 0.05) is 18.3 Å². The van der Waals surface area contributed by atoms with Crippen molar-refractivity contribution in [2.75, 3.05) is 31.2 Å². The Kier molecular flexibility index (Phi) is 3.92. The van der Waals surface area contributed by atoms with Crippen LogP contribution in [0.2, 0.25) is 0 Å². The molecule has 1 saturated heterocycles. The van der Waals surface area contributed by atoms with E-state index < -0.39 is 9.84 Å². The molecule has 0 amide bonds. The van der Waals surface area contributed by atoms with Gasteiger partial charge in [-0.3, -0.25) is 0 Å². The molecule has 0 radical (unpaired) electrons. The van der Waals surface area contributed by atoms with Crippen molar-refractivity contribution in [1.29, 1.82) is 0 Å². The number of rotatable bonds is 4. The fourth-order valence-corrected chi connectivity index (χ4v) is 3.10. The Hall–Kier alpha value is -1.07. The van der Waals surface area contributed by atoms with Gasteiger partial charge in [0.2, 0.25) is 0 Å². The van der Waals surface area contributed by atoms with Crippen LogP contribution in [0, 0.1) is 0 Å². The number of sulfone groups is 1. The topological polar surface area (TPSA) is 49.4 Å². The zero-order valence-corrected chi connectivity index (χ0v) is 11.7. The maximum Gasteiger partial charge on any atom is 0.178 e. The van der Waals surface area contributed by atoms with Gasteiger partial charge in [-0.25, -0.2) is 8.42 Å². The lowest BCUT2D eigenvalue weighted by molar-refractivity contribution is 0.414. The Labute approximate surface area is 109 Å². The summed E-state index contributed by atoms with van der Waals surface area (Å²) in [4.78, 5) is 2.69. The Morgan fingerprint density at radius 2 is 2.00 bits per heavy atom. The van der Waals surface area contributed by atoms with Crippen LogP contribution in [0.25, 0.3) is 0 Å². The van der Waals surface area contributed by atoms with E-state index in [1.165, 1.54) is 0 Å². The van der Waals surface area contributed by atoms with Crippen LogP contribution in [0.3, 0.4) is 0 Å². The van der Waals surface area contributed by atoms with Crippen LogP contribution in [0.1, 0.15) is 13.3 Å². The lowest BCUT2D eigenvalue weighted by atomic mass is 10.2. The summed E-state index contributed by atoms with van der Waals surface area (Å²) in [5, 5.41) is 3.43. The molecule has 1 aromatic rings. The van der Waals surface area contributed by atoms with Gasteiger partial charge in [0.15, 0.2) is 9.84 Å². The zero-order chi connectivity index (χ0) is 13.2. The highest BCUT2D eigenvalue weighted by atomic mass is 32.2. The first kappa shape index (κ1) is 13.4. The molecule has 0 aromatic heterocycles. The second-order valence-corrected chi connectivity index (χ2v) is 7.10. The summed E-state index contributed by atoms with van der Waals surface area (Å²) in [5.74, 6) is 0.146. The minimum atomic E-state index is -3.09. The highest BCUT2D eigenvalue weighted by Gasteiger charge is 2.19. The van der Waals surface area contributed by atoms with Gasteiger partial charge < -0.3 is 10.2 Å². The van der Waals surface area contributed by atoms with E-state index in [4.69, 9.17) is 0 Å². The molecule has 0 aliphatic carbocycles. The van der Waals surface area contributed by atoms with Crippen LogP contribution in [-0.2, 0) is 9.84 Å². The number of hydrogen-bond donors (Lipinski definition) is 1. The van der Waals surface area contributed by atoms with Gasteiger partial charge in [0.05, 0.1) is 10.6 Å². The van der Waals surface area contributed by atoms with Crippen LogP contribution in [0.15, 0.2) is 29.2 Å². The van der Waals surface area contributed by atoms with Crippen molar-refractivity contribution in [1.82, 2.24) is 4.90 Å². The molecule has 100 valence electrons. The molecule has 18 heavy (non-hydrogen) atoms. The molecule has 1 aliphatic heterocycles. The van der Waals surface area contributed by atoms with Gasteiger partial charge >= 0.3 is 0 Å². The van der Waals surface area contributed by atoms with Crippen molar-refractivity contribution < 1.29 is 8.42 Å². The van der Waals surface area contributed by atoms with Crippen LogP contribution in [0.5, 0.6) is 0 Å². The number of nitrogens with one attached hydrogen (secondary N) is 1. The van der Waals surface area contributed by atoms with Gasteiger partial charge in [-0.05, 0) is 44.3 Å². The standard InChI is InChI=1S/C13H20N2O2S/c1-3-18(16,17)13-6-4-11(5-7-13)14-12-8-9-15(2)10-12/h4-7,12,14H,3,8-10H2,1-2H3. The first-order valence-corrected chi connectivity index (χ1v) is 7.94. The lowest BCUT2D eigenvalue weighted by Crippen LogP contribution is -2.23. The molecule has 1 heterocycles. The Bertz CT molecular complexity index is 496. The van der Waals surface area contributed by atoms with Crippen LogP contribution >= 0.6 is 0 Å². The van der Waals surface area contributed by atoms with E-state index in [0.717, 1.165) is 25.2 Å². The van der Waals surface area contributed by atoms with Crippen molar-refractivity contribution in [3.63, 3.8) is 0 Å². The number of benzene rings is 1.